The van der Waals surface area contributed by atoms with E-state index in [2.05, 4.69) is 108 Å². The summed E-state index contributed by atoms with van der Waals surface area (Å²) in [5.74, 6) is -0.236. The van der Waals surface area contributed by atoms with E-state index in [1.54, 1.807) is 0 Å². The Morgan fingerprint density at radius 3 is 1.84 bits per heavy atom. The molecule has 0 amide bonds. The number of rotatable bonds is 7. The minimum Gasteiger partial charge on any atom is -0.197 e. The standard InChI is InChI=1S/C22H17S.C4H9FO3S/c1-3-12-19(13-4-1)23(20-14-5-2-6-15-20)22-17-9-11-18-10-7-8-16-21(18)22;1-2-3-4-9(6,7)8-5/h1-17H;2-4H2,1H3/q+1;. The van der Waals surface area contributed by atoms with Crippen molar-refractivity contribution in [2.45, 2.75) is 34.5 Å². The van der Waals surface area contributed by atoms with Crippen molar-refractivity contribution in [3.05, 3.63) is 103 Å². The molecule has 0 atom stereocenters. The van der Waals surface area contributed by atoms with Crippen molar-refractivity contribution in [3.8, 4) is 0 Å². The van der Waals surface area contributed by atoms with E-state index in [9.17, 15) is 12.9 Å². The summed E-state index contributed by atoms with van der Waals surface area (Å²) in [5, 5.41) is 2.64. The average molecular weight is 470 g/mol. The van der Waals surface area contributed by atoms with Gasteiger partial charge in [0.25, 0.3) is 10.1 Å². The molecule has 0 heterocycles. The van der Waals surface area contributed by atoms with Crippen molar-refractivity contribution in [1.29, 1.82) is 0 Å². The molecule has 0 spiro atoms. The summed E-state index contributed by atoms with van der Waals surface area (Å²) in [7, 11) is -3.94. The first-order valence-corrected chi connectivity index (χ1v) is 13.2. The molecule has 0 saturated heterocycles. The lowest BCUT2D eigenvalue weighted by Crippen LogP contribution is -2.05. The SMILES string of the molecule is CCCCS(=O)(=O)OF.c1ccc([S+](c2ccccc2)c2cccc3ccccc23)cc1. The molecule has 0 aliphatic carbocycles. The Hall–Kier alpha value is -2.67. The molecule has 0 aromatic heterocycles. The molecule has 0 N–H and O–H groups in total. The zero-order valence-corrected chi connectivity index (χ0v) is 19.5. The van der Waals surface area contributed by atoms with Gasteiger partial charge in [-0.05, 0) is 52.7 Å². The van der Waals surface area contributed by atoms with Gasteiger partial charge in [0, 0.05) is 5.39 Å². The van der Waals surface area contributed by atoms with Crippen molar-refractivity contribution < 1.29 is 17.3 Å². The molecule has 0 fully saturated rings. The molecule has 0 aliphatic heterocycles. The van der Waals surface area contributed by atoms with Gasteiger partial charge in [0.05, 0.1) is 16.6 Å². The minimum atomic E-state index is -3.85. The summed E-state index contributed by atoms with van der Waals surface area (Å²) in [4.78, 5) is 4.10. The van der Waals surface area contributed by atoms with Crippen LogP contribution in [0.5, 0.6) is 0 Å². The Bertz CT molecular complexity index is 1170. The van der Waals surface area contributed by atoms with Crippen LogP contribution in [0.25, 0.3) is 10.8 Å². The van der Waals surface area contributed by atoms with Gasteiger partial charge in [0.15, 0.2) is 14.7 Å². The summed E-state index contributed by atoms with van der Waals surface area (Å²) in [6, 6.07) is 36.9. The second-order valence-electron chi connectivity index (χ2n) is 7.09. The van der Waals surface area contributed by atoms with Gasteiger partial charge < -0.3 is 0 Å². The van der Waals surface area contributed by atoms with Gasteiger partial charge in [-0.3, -0.25) is 0 Å². The third-order valence-electron chi connectivity index (χ3n) is 4.77. The molecular formula is C26H26FO3S2+. The van der Waals surface area contributed by atoms with E-state index in [1.807, 2.05) is 6.92 Å². The lowest BCUT2D eigenvalue weighted by atomic mass is 10.1. The molecule has 0 unspecified atom stereocenters. The molecule has 4 rings (SSSR count). The number of benzene rings is 4. The second kappa shape index (κ2) is 11.8. The highest BCUT2D eigenvalue weighted by Crippen LogP contribution is 2.35. The maximum absolute atomic E-state index is 11.0. The van der Waals surface area contributed by atoms with Crippen molar-refractivity contribution in [2.24, 2.45) is 0 Å². The van der Waals surface area contributed by atoms with E-state index in [4.69, 9.17) is 0 Å². The second-order valence-corrected chi connectivity index (χ2v) is 10.7. The number of hydrogen-bond acceptors (Lipinski definition) is 3. The average Bonchev–Trinajstić information content (AvgIpc) is 2.85. The van der Waals surface area contributed by atoms with Gasteiger partial charge in [0.1, 0.15) is 0 Å². The maximum Gasteiger partial charge on any atom is 0.297 e. The lowest BCUT2D eigenvalue weighted by Gasteiger charge is -2.10. The van der Waals surface area contributed by atoms with Gasteiger partial charge in [0.2, 0.25) is 0 Å². The van der Waals surface area contributed by atoms with Crippen LogP contribution in [0.3, 0.4) is 0 Å². The molecule has 166 valence electrons. The molecule has 3 nitrogen and oxygen atoms in total. The van der Waals surface area contributed by atoms with Gasteiger partial charge in [-0.1, -0.05) is 84.5 Å². The Morgan fingerprint density at radius 2 is 1.28 bits per heavy atom. The van der Waals surface area contributed by atoms with E-state index in [1.165, 1.54) is 25.5 Å². The Balaban J connectivity index is 0.000000275. The molecule has 4 aromatic rings. The number of fused-ring (bicyclic) bond motifs is 1. The topological polar surface area (TPSA) is 43.4 Å². The van der Waals surface area contributed by atoms with Gasteiger partial charge in [-0.2, -0.15) is 8.42 Å². The maximum atomic E-state index is 11.0. The van der Waals surface area contributed by atoms with Crippen LogP contribution in [0.4, 0.5) is 4.53 Å². The zero-order chi connectivity index (χ0) is 22.8. The molecule has 4 aromatic carbocycles. The molecule has 32 heavy (non-hydrogen) atoms. The summed E-state index contributed by atoms with van der Waals surface area (Å²) in [5.41, 5.74) is 0. The van der Waals surface area contributed by atoms with E-state index < -0.39 is 10.1 Å². The Labute approximate surface area is 192 Å². The van der Waals surface area contributed by atoms with Crippen molar-refractivity contribution >= 4 is 31.8 Å². The van der Waals surface area contributed by atoms with Crippen molar-refractivity contribution in [3.63, 3.8) is 0 Å². The van der Waals surface area contributed by atoms with Crippen LogP contribution in [0.1, 0.15) is 19.8 Å². The third kappa shape index (κ3) is 6.42. The van der Waals surface area contributed by atoms with Gasteiger partial charge in [-0.15, -0.1) is 0 Å². The van der Waals surface area contributed by atoms with E-state index in [0.29, 0.717) is 12.8 Å². The molecular weight excluding hydrogens is 443 g/mol. The van der Waals surface area contributed by atoms with Gasteiger partial charge >= 0.3 is 0 Å². The van der Waals surface area contributed by atoms with Crippen LogP contribution < -0.4 is 0 Å². The van der Waals surface area contributed by atoms with Crippen LogP contribution in [-0.4, -0.2) is 14.2 Å². The zero-order valence-electron chi connectivity index (χ0n) is 17.9. The number of halogens is 1. The quantitative estimate of drug-likeness (QED) is 0.275. The fourth-order valence-corrected chi connectivity index (χ4v) is 6.19. The van der Waals surface area contributed by atoms with Crippen LogP contribution in [0, 0.1) is 0 Å². The highest BCUT2D eigenvalue weighted by atomic mass is 32.2. The first-order valence-electron chi connectivity index (χ1n) is 10.4. The van der Waals surface area contributed by atoms with Gasteiger partial charge in [-0.25, -0.2) is 0 Å². The predicted octanol–water partition coefficient (Wildman–Crippen LogP) is 6.95. The lowest BCUT2D eigenvalue weighted by molar-refractivity contribution is 0.00290. The third-order valence-corrected chi connectivity index (χ3v) is 8.03. The minimum absolute atomic E-state index is 0.0892. The molecule has 0 radical (unpaired) electrons. The predicted molar refractivity (Wildman–Crippen MR) is 130 cm³/mol. The number of unbranched alkanes of at least 4 members (excludes halogenated alkanes) is 1. The van der Waals surface area contributed by atoms with E-state index >= 15 is 0 Å². The van der Waals surface area contributed by atoms with Crippen molar-refractivity contribution in [2.75, 3.05) is 5.75 Å². The number of hydrogen-bond donors (Lipinski definition) is 0. The summed E-state index contributed by atoms with van der Waals surface area (Å²) < 4.78 is 34.0. The van der Waals surface area contributed by atoms with E-state index in [0.717, 1.165) is 0 Å². The van der Waals surface area contributed by atoms with Crippen molar-refractivity contribution in [1.82, 2.24) is 0 Å². The summed E-state index contributed by atoms with van der Waals surface area (Å²) >= 11 is 0. The van der Waals surface area contributed by atoms with Crippen LogP contribution in [0.15, 0.2) is 118 Å². The molecule has 0 aliphatic rings. The molecule has 0 bridgehead atoms. The largest absolute Gasteiger partial charge is 0.297 e. The fraction of sp³-hybridized carbons (Fsp3) is 0.154. The summed E-state index contributed by atoms with van der Waals surface area (Å²) in [6.45, 7) is 1.81. The molecule has 6 heteroatoms. The Morgan fingerprint density at radius 1 is 0.750 bits per heavy atom. The molecule has 0 saturated carbocycles. The highest BCUT2D eigenvalue weighted by molar-refractivity contribution is 7.97. The Kier molecular flexibility index (Phi) is 8.85. The van der Waals surface area contributed by atoms with Crippen LogP contribution >= 0.6 is 0 Å². The normalized spacial score (nSPS) is 11.2. The highest BCUT2D eigenvalue weighted by Gasteiger charge is 2.29. The van der Waals surface area contributed by atoms with E-state index in [-0.39, 0.29) is 16.6 Å². The first-order chi connectivity index (χ1) is 15.6. The van der Waals surface area contributed by atoms with Crippen LogP contribution in [0.2, 0.25) is 0 Å². The monoisotopic (exact) mass is 469 g/mol. The van der Waals surface area contributed by atoms with Crippen LogP contribution in [-0.2, 0) is 25.4 Å². The first kappa shape index (κ1) is 24.0. The summed E-state index contributed by atoms with van der Waals surface area (Å²) in [6.07, 6.45) is 1.15. The smallest absolute Gasteiger partial charge is 0.197 e. The fourth-order valence-electron chi connectivity index (χ4n) is 3.23.